The standard InChI is InChI=1S/C24H25NO5/c1-29-22-14-15(6-10-21(22)30-20-9-7-16-12-17(20)13-16)8-11-23(26)25-19-5-3-2-4-18(19)24(27)28/h2-6,8,10-11,14,16-17,20H,7,9,12-13H2,1H3,(H,25,26)(H,27,28). The molecule has 2 aromatic rings. The van der Waals surface area contributed by atoms with E-state index in [2.05, 4.69) is 5.32 Å². The fourth-order valence-electron chi connectivity index (χ4n) is 4.29. The van der Waals surface area contributed by atoms with Crippen molar-refractivity contribution in [3.05, 3.63) is 59.7 Å². The van der Waals surface area contributed by atoms with E-state index < -0.39 is 11.9 Å². The Bertz CT molecular complexity index is 975. The first-order chi connectivity index (χ1) is 14.5. The van der Waals surface area contributed by atoms with Crippen molar-refractivity contribution in [1.29, 1.82) is 0 Å². The van der Waals surface area contributed by atoms with Crippen LogP contribution in [0, 0.1) is 11.8 Å². The van der Waals surface area contributed by atoms with Crippen molar-refractivity contribution in [3.63, 3.8) is 0 Å². The monoisotopic (exact) mass is 407 g/mol. The van der Waals surface area contributed by atoms with Gasteiger partial charge >= 0.3 is 5.97 Å². The van der Waals surface area contributed by atoms with Gasteiger partial charge in [0.2, 0.25) is 5.91 Å². The van der Waals surface area contributed by atoms with Crippen molar-refractivity contribution >= 4 is 23.6 Å². The van der Waals surface area contributed by atoms with Gasteiger partial charge in [-0.15, -0.1) is 0 Å². The number of carbonyl (C=O) groups is 2. The molecule has 0 saturated heterocycles. The van der Waals surface area contributed by atoms with Gasteiger partial charge in [-0.25, -0.2) is 4.79 Å². The third kappa shape index (κ3) is 4.32. The van der Waals surface area contributed by atoms with E-state index in [-0.39, 0.29) is 17.4 Å². The van der Waals surface area contributed by atoms with Crippen LogP contribution >= 0.6 is 0 Å². The Morgan fingerprint density at radius 2 is 1.90 bits per heavy atom. The van der Waals surface area contributed by atoms with Crippen molar-refractivity contribution in [2.75, 3.05) is 12.4 Å². The number of carbonyl (C=O) groups excluding carboxylic acids is 1. The number of hydrogen-bond donors (Lipinski definition) is 2. The van der Waals surface area contributed by atoms with Crippen LogP contribution in [0.2, 0.25) is 0 Å². The van der Waals surface area contributed by atoms with Crippen molar-refractivity contribution < 1.29 is 24.2 Å². The van der Waals surface area contributed by atoms with Gasteiger partial charge in [0, 0.05) is 6.08 Å². The first-order valence-corrected chi connectivity index (χ1v) is 10.2. The van der Waals surface area contributed by atoms with Gasteiger partial charge in [0.25, 0.3) is 0 Å². The summed E-state index contributed by atoms with van der Waals surface area (Å²) in [5.41, 5.74) is 1.09. The van der Waals surface area contributed by atoms with Gasteiger partial charge in [-0.05, 0) is 73.4 Å². The number of hydrogen-bond acceptors (Lipinski definition) is 4. The molecule has 2 bridgehead atoms. The van der Waals surface area contributed by atoms with Crippen molar-refractivity contribution in [1.82, 2.24) is 0 Å². The van der Waals surface area contributed by atoms with Crippen molar-refractivity contribution in [2.45, 2.75) is 31.8 Å². The van der Waals surface area contributed by atoms with Gasteiger partial charge in [-0.2, -0.15) is 0 Å². The molecule has 6 heteroatoms. The van der Waals surface area contributed by atoms with Crippen LogP contribution in [0.15, 0.2) is 48.5 Å². The summed E-state index contributed by atoms with van der Waals surface area (Å²) in [6.45, 7) is 0. The van der Waals surface area contributed by atoms with Crippen molar-refractivity contribution in [2.24, 2.45) is 11.8 Å². The number of rotatable bonds is 7. The molecule has 1 unspecified atom stereocenters. The minimum atomic E-state index is -1.09. The Kier molecular flexibility index (Phi) is 5.74. The van der Waals surface area contributed by atoms with Gasteiger partial charge < -0.3 is 19.9 Å². The summed E-state index contributed by atoms with van der Waals surface area (Å²) in [5, 5.41) is 11.8. The average Bonchev–Trinajstić information content (AvgIpc) is 2.72. The number of methoxy groups -OCH3 is 1. The second-order valence-electron chi connectivity index (χ2n) is 7.91. The lowest BCUT2D eigenvalue weighted by atomic mass is 9.64. The Labute approximate surface area is 175 Å². The molecule has 156 valence electrons. The minimum absolute atomic E-state index is 0.0444. The highest BCUT2D eigenvalue weighted by Gasteiger charge is 2.41. The fourth-order valence-corrected chi connectivity index (χ4v) is 4.29. The van der Waals surface area contributed by atoms with Crippen molar-refractivity contribution in [3.8, 4) is 11.5 Å². The first-order valence-electron chi connectivity index (χ1n) is 10.2. The zero-order valence-corrected chi connectivity index (χ0v) is 16.8. The molecule has 3 fully saturated rings. The molecule has 30 heavy (non-hydrogen) atoms. The van der Waals surface area contributed by atoms with E-state index in [0.717, 1.165) is 23.7 Å². The van der Waals surface area contributed by atoms with Crippen LogP contribution in [0.3, 0.4) is 0 Å². The Morgan fingerprint density at radius 1 is 1.10 bits per heavy atom. The molecule has 3 aliphatic rings. The smallest absolute Gasteiger partial charge is 0.337 e. The predicted octanol–water partition coefficient (Wildman–Crippen LogP) is 4.61. The second-order valence-corrected chi connectivity index (χ2v) is 7.91. The first kappa shape index (κ1) is 20.0. The predicted molar refractivity (Wildman–Crippen MR) is 114 cm³/mol. The van der Waals surface area contributed by atoms with Crippen LogP contribution in [0.5, 0.6) is 11.5 Å². The molecule has 3 aliphatic carbocycles. The summed E-state index contributed by atoms with van der Waals surface area (Å²) in [5.74, 6) is 1.42. The Balaban J connectivity index is 1.42. The van der Waals surface area contributed by atoms with E-state index in [1.165, 1.54) is 31.4 Å². The minimum Gasteiger partial charge on any atom is -0.493 e. The van der Waals surface area contributed by atoms with E-state index in [1.54, 1.807) is 31.4 Å². The molecular weight excluding hydrogens is 382 g/mol. The average molecular weight is 407 g/mol. The highest BCUT2D eigenvalue weighted by atomic mass is 16.5. The summed E-state index contributed by atoms with van der Waals surface area (Å²) in [4.78, 5) is 23.5. The second kappa shape index (κ2) is 8.61. The number of fused-ring (bicyclic) bond motifs is 2. The molecule has 0 aliphatic heterocycles. The summed E-state index contributed by atoms with van der Waals surface area (Å²) in [7, 11) is 1.60. The maximum absolute atomic E-state index is 12.2. The number of amides is 1. The summed E-state index contributed by atoms with van der Waals surface area (Å²) < 4.78 is 11.7. The lowest BCUT2D eigenvalue weighted by molar-refractivity contribution is -0.111. The normalized spacial score (nSPS) is 22.2. The van der Waals surface area contributed by atoms with Gasteiger partial charge in [0.1, 0.15) is 6.10 Å². The van der Waals surface area contributed by atoms with Crippen LogP contribution in [-0.4, -0.2) is 30.2 Å². The van der Waals surface area contributed by atoms with Crippen LogP contribution in [0.4, 0.5) is 5.69 Å². The van der Waals surface area contributed by atoms with E-state index >= 15 is 0 Å². The zero-order chi connectivity index (χ0) is 21.1. The molecular formula is C24H25NO5. The lowest BCUT2D eigenvalue weighted by Crippen LogP contribution is -2.42. The summed E-state index contributed by atoms with van der Waals surface area (Å²) >= 11 is 0. The fraction of sp³-hybridized carbons (Fsp3) is 0.333. The number of carboxylic acids is 1. The number of anilines is 1. The third-order valence-electron chi connectivity index (χ3n) is 5.97. The number of ether oxygens (including phenoxy) is 2. The molecule has 2 aromatic carbocycles. The Hall–Kier alpha value is -3.28. The van der Waals surface area contributed by atoms with Crippen LogP contribution in [-0.2, 0) is 4.79 Å². The third-order valence-corrected chi connectivity index (χ3v) is 5.97. The van der Waals surface area contributed by atoms with Crippen LogP contribution < -0.4 is 14.8 Å². The summed E-state index contributed by atoms with van der Waals surface area (Å²) in [6, 6.07) is 11.9. The Morgan fingerprint density at radius 3 is 2.60 bits per heavy atom. The van der Waals surface area contributed by atoms with Gasteiger partial charge in [0.05, 0.1) is 18.4 Å². The quantitative estimate of drug-likeness (QED) is 0.655. The number of carboxylic acid groups (broad SMARTS) is 1. The number of aromatic carboxylic acids is 1. The molecule has 0 heterocycles. The lowest BCUT2D eigenvalue weighted by Gasteiger charge is -2.46. The van der Waals surface area contributed by atoms with E-state index in [9.17, 15) is 14.7 Å². The van der Waals surface area contributed by atoms with E-state index in [1.807, 2.05) is 18.2 Å². The molecule has 3 saturated carbocycles. The highest BCUT2D eigenvalue weighted by molar-refractivity contribution is 6.06. The maximum Gasteiger partial charge on any atom is 0.337 e. The molecule has 0 aromatic heterocycles. The van der Waals surface area contributed by atoms with Gasteiger partial charge in [0.15, 0.2) is 11.5 Å². The largest absolute Gasteiger partial charge is 0.493 e. The molecule has 6 nitrogen and oxygen atoms in total. The molecule has 0 radical (unpaired) electrons. The summed E-state index contributed by atoms with van der Waals surface area (Å²) in [6.07, 6.45) is 8.15. The topological polar surface area (TPSA) is 84.9 Å². The zero-order valence-electron chi connectivity index (χ0n) is 16.8. The van der Waals surface area contributed by atoms with Crippen LogP contribution in [0.1, 0.15) is 41.6 Å². The van der Waals surface area contributed by atoms with E-state index in [0.29, 0.717) is 11.7 Å². The molecule has 2 N–H and O–H groups in total. The number of nitrogens with one attached hydrogen (secondary N) is 1. The molecule has 5 rings (SSSR count). The van der Waals surface area contributed by atoms with Gasteiger partial charge in [-0.1, -0.05) is 18.2 Å². The number of para-hydroxylation sites is 1. The molecule has 1 amide bonds. The molecule has 1 atom stereocenters. The van der Waals surface area contributed by atoms with Gasteiger partial charge in [-0.3, -0.25) is 4.79 Å². The van der Waals surface area contributed by atoms with Crippen LogP contribution in [0.25, 0.3) is 6.08 Å². The SMILES string of the molecule is COc1cc(C=CC(=O)Nc2ccccc2C(=O)O)ccc1OC1CCC2CC1C2. The number of benzene rings is 2. The molecule has 0 spiro atoms. The van der Waals surface area contributed by atoms with E-state index in [4.69, 9.17) is 9.47 Å². The highest BCUT2D eigenvalue weighted by Crippen LogP contribution is 2.47. The maximum atomic E-state index is 12.2.